The van der Waals surface area contributed by atoms with Crippen LogP contribution < -0.4 is 0 Å². The minimum atomic E-state index is 0.999. The number of thiophene rings is 2. The van der Waals surface area contributed by atoms with Gasteiger partial charge in [-0.1, -0.05) is 104 Å². The Bertz CT molecular complexity index is 959. The molecule has 0 fully saturated rings. The monoisotopic (exact) mass is 680 g/mol. The molecule has 38 heavy (non-hydrogen) atoms. The van der Waals surface area contributed by atoms with Crippen molar-refractivity contribution in [1.82, 2.24) is 10.2 Å². The quantitative estimate of drug-likeness (QED) is 0.111. The molecule has 2 nitrogen and oxygen atoms in total. The number of nitrogens with zero attached hydrogens (tertiary/aromatic N) is 2. The Morgan fingerprint density at radius 2 is 0.868 bits per heavy atom. The lowest BCUT2D eigenvalue weighted by Gasteiger charge is -2.06. The number of unbranched alkanes of at least 4 members (excludes halogenated alkanes) is 14. The van der Waals surface area contributed by atoms with E-state index in [0.29, 0.717) is 0 Å². The fourth-order valence-corrected chi connectivity index (χ4v) is 8.40. The van der Waals surface area contributed by atoms with Crippen LogP contribution in [0.5, 0.6) is 0 Å². The standard InChI is InChI=1S/C32H46Br2N2S2/c1-3-5-7-9-11-13-15-17-19-25-23-29(33)37-31(25)27-21-22-28(36-35-27)32-26(24-30(34)38-32)20-18-16-14-12-10-8-6-4-2/h21-24H,3-20H2,1-2H3. The van der Waals surface area contributed by atoms with Crippen molar-refractivity contribution in [2.24, 2.45) is 0 Å². The fourth-order valence-electron chi connectivity index (χ4n) is 5.07. The van der Waals surface area contributed by atoms with Crippen molar-refractivity contribution in [3.63, 3.8) is 0 Å². The molecule has 0 spiro atoms. The average molecular weight is 683 g/mol. The summed E-state index contributed by atoms with van der Waals surface area (Å²) in [5, 5.41) is 9.42. The van der Waals surface area contributed by atoms with Crippen LogP contribution >= 0.6 is 54.5 Å². The first-order chi connectivity index (χ1) is 18.6. The number of hydrogen-bond donors (Lipinski definition) is 0. The van der Waals surface area contributed by atoms with Gasteiger partial charge in [0.25, 0.3) is 0 Å². The molecule has 0 radical (unpaired) electrons. The maximum atomic E-state index is 4.71. The van der Waals surface area contributed by atoms with Crippen LogP contribution in [-0.4, -0.2) is 10.2 Å². The van der Waals surface area contributed by atoms with E-state index in [4.69, 9.17) is 10.2 Å². The van der Waals surface area contributed by atoms with Crippen LogP contribution in [-0.2, 0) is 12.8 Å². The Morgan fingerprint density at radius 3 is 1.21 bits per heavy atom. The highest BCUT2D eigenvalue weighted by Gasteiger charge is 2.15. The van der Waals surface area contributed by atoms with Gasteiger partial charge in [0.2, 0.25) is 0 Å². The molecule has 3 rings (SSSR count). The average Bonchev–Trinajstić information content (AvgIpc) is 3.48. The van der Waals surface area contributed by atoms with Gasteiger partial charge in [-0.25, -0.2) is 0 Å². The molecule has 0 aliphatic heterocycles. The predicted molar refractivity (Wildman–Crippen MR) is 177 cm³/mol. The summed E-state index contributed by atoms with van der Waals surface area (Å²) in [6.45, 7) is 4.57. The molecule has 3 aromatic heterocycles. The topological polar surface area (TPSA) is 25.8 Å². The van der Waals surface area contributed by atoms with Gasteiger partial charge in [0.05, 0.1) is 17.3 Å². The van der Waals surface area contributed by atoms with Gasteiger partial charge in [-0.3, -0.25) is 0 Å². The molecule has 0 saturated heterocycles. The van der Waals surface area contributed by atoms with Crippen LogP contribution in [0.3, 0.4) is 0 Å². The van der Waals surface area contributed by atoms with Gasteiger partial charge in [0.15, 0.2) is 0 Å². The molecule has 0 unspecified atom stereocenters. The first-order valence-electron chi connectivity index (χ1n) is 15.0. The summed E-state index contributed by atoms with van der Waals surface area (Å²) in [5.74, 6) is 0. The third kappa shape index (κ3) is 11.1. The molecule has 3 heterocycles. The molecule has 0 N–H and O–H groups in total. The zero-order chi connectivity index (χ0) is 27.0. The van der Waals surface area contributed by atoms with Crippen molar-refractivity contribution in [2.75, 3.05) is 0 Å². The maximum Gasteiger partial charge on any atom is 0.103 e. The van der Waals surface area contributed by atoms with Crippen molar-refractivity contribution in [1.29, 1.82) is 0 Å². The molecule has 0 aliphatic carbocycles. The Kier molecular flexibility index (Phi) is 15.7. The second-order valence-corrected chi connectivity index (χ2v) is 15.4. The summed E-state index contributed by atoms with van der Waals surface area (Å²) in [4.78, 5) is 2.54. The second-order valence-electron chi connectivity index (χ2n) is 10.6. The molecule has 0 atom stereocenters. The van der Waals surface area contributed by atoms with E-state index in [0.717, 1.165) is 24.2 Å². The minimum Gasteiger partial charge on any atom is -0.149 e. The van der Waals surface area contributed by atoms with Gasteiger partial charge in [-0.15, -0.1) is 32.9 Å². The van der Waals surface area contributed by atoms with E-state index in [1.165, 1.54) is 131 Å². The number of halogens is 2. The van der Waals surface area contributed by atoms with Crippen molar-refractivity contribution < 1.29 is 0 Å². The second kappa shape index (κ2) is 18.7. The molecule has 0 amide bonds. The van der Waals surface area contributed by atoms with E-state index in [9.17, 15) is 0 Å². The van der Waals surface area contributed by atoms with E-state index >= 15 is 0 Å². The van der Waals surface area contributed by atoms with E-state index < -0.39 is 0 Å². The van der Waals surface area contributed by atoms with E-state index in [2.05, 4.69) is 70.0 Å². The van der Waals surface area contributed by atoms with Gasteiger partial charge in [0.1, 0.15) is 11.4 Å². The molecular weight excluding hydrogens is 636 g/mol. The van der Waals surface area contributed by atoms with Crippen molar-refractivity contribution in [3.05, 3.63) is 43.0 Å². The van der Waals surface area contributed by atoms with E-state index in [1.54, 1.807) is 22.7 Å². The maximum absolute atomic E-state index is 4.71. The van der Waals surface area contributed by atoms with Crippen molar-refractivity contribution in [3.8, 4) is 21.1 Å². The molecule has 0 aliphatic rings. The van der Waals surface area contributed by atoms with Gasteiger partial charge >= 0.3 is 0 Å². The highest BCUT2D eigenvalue weighted by Crippen LogP contribution is 2.38. The van der Waals surface area contributed by atoms with E-state index in [-0.39, 0.29) is 0 Å². The number of hydrogen-bond acceptors (Lipinski definition) is 4. The third-order valence-electron chi connectivity index (χ3n) is 7.29. The lowest BCUT2D eigenvalue weighted by molar-refractivity contribution is 0.576. The fraction of sp³-hybridized carbons (Fsp3) is 0.625. The third-order valence-corrected chi connectivity index (χ3v) is 10.7. The van der Waals surface area contributed by atoms with Crippen LogP contribution in [0.4, 0.5) is 0 Å². The Balaban J connectivity index is 1.52. The van der Waals surface area contributed by atoms with Gasteiger partial charge in [0, 0.05) is 0 Å². The SMILES string of the molecule is CCCCCCCCCCc1cc(Br)sc1-c1ccc(-c2sc(Br)cc2CCCCCCCCCC)nn1. The molecule has 0 aromatic carbocycles. The van der Waals surface area contributed by atoms with Gasteiger partial charge in [-0.2, -0.15) is 0 Å². The molecule has 0 saturated carbocycles. The lowest BCUT2D eigenvalue weighted by atomic mass is 10.0. The zero-order valence-corrected chi connectivity index (χ0v) is 28.3. The summed E-state index contributed by atoms with van der Waals surface area (Å²) in [6.07, 6.45) is 23.9. The molecule has 210 valence electrons. The van der Waals surface area contributed by atoms with Crippen LogP contribution in [0.1, 0.15) is 128 Å². The number of aryl methyl sites for hydroxylation is 2. The Morgan fingerprint density at radius 1 is 0.526 bits per heavy atom. The van der Waals surface area contributed by atoms with E-state index in [1.807, 2.05) is 0 Å². The highest BCUT2D eigenvalue weighted by molar-refractivity contribution is 9.11. The van der Waals surface area contributed by atoms with Crippen LogP contribution in [0.25, 0.3) is 21.1 Å². The molecule has 0 bridgehead atoms. The largest absolute Gasteiger partial charge is 0.149 e. The summed E-state index contributed by atoms with van der Waals surface area (Å²) in [6, 6.07) is 8.92. The minimum absolute atomic E-state index is 0.999. The first kappa shape index (κ1) is 32.0. The summed E-state index contributed by atoms with van der Waals surface area (Å²) >= 11 is 11.0. The van der Waals surface area contributed by atoms with Gasteiger partial charge < -0.3 is 0 Å². The predicted octanol–water partition coefficient (Wildman–Crippen LogP) is 12.8. The number of rotatable bonds is 20. The summed E-state index contributed by atoms with van der Waals surface area (Å²) in [5.41, 5.74) is 4.81. The normalized spacial score (nSPS) is 11.5. The number of aromatic nitrogens is 2. The summed E-state index contributed by atoms with van der Waals surface area (Å²) in [7, 11) is 0. The first-order valence-corrected chi connectivity index (χ1v) is 18.2. The molecule has 6 heteroatoms. The summed E-state index contributed by atoms with van der Waals surface area (Å²) < 4.78 is 2.37. The van der Waals surface area contributed by atoms with Crippen LogP contribution in [0, 0.1) is 0 Å². The van der Waals surface area contributed by atoms with Crippen LogP contribution in [0.2, 0.25) is 0 Å². The molecular formula is C32H46Br2N2S2. The lowest BCUT2D eigenvalue weighted by Crippen LogP contribution is -1.93. The van der Waals surface area contributed by atoms with Crippen molar-refractivity contribution >= 4 is 54.5 Å². The zero-order valence-electron chi connectivity index (χ0n) is 23.5. The Labute approximate surface area is 256 Å². The Hall–Kier alpha value is -0.560. The van der Waals surface area contributed by atoms with Gasteiger partial charge in [-0.05, 0) is 92.9 Å². The smallest absolute Gasteiger partial charge is 0.103 e. The van der Waals surface area contributed by atoms with Crippen LogP contribution in [0.15, 0.2) is 31.8 Å². The molecule has 3 aromatic rings. The highest BCUT2D eigenvalue weighted by atomic mass is 79.9. The van der Waals surface area contributed by atoms with Crippen molar-refractivity contribution in [2.45, 2.75) is 129 Å².